The summed E-state index contributed by atoms with van der Waals surface area (Å²) in [6.45, 7) is 2.27. The highest BCUT2D eigenvalue weighted by Gasteiger charge is 2.53. The summed E-state index contributed by atoms with van der Waals surface area (Å²) in [5, 5.41) is 15.4. The predicted octanol–water partition coefficient (Wildman–Crippen LogP) is 5.08. The van der Waals surface area contributed by atoms with E-state index in [1.54, 1.807) is 23.1 Å². The summed E-state index contributed by atoms with van der Waals surface area (Å²) in [5.74, 6) is 4.37. The SMILES string of the molecule is C[C@H](NC(=O)CSc1nnc(Cc2cccs2)n1C1CC1)C12CC3CC(CC(C3)C1)C2. The quantitative estimate of drug-likeness (QED) is 0.563. The highest BCUT2D eigenvalue weighted by Crippen LogP contribution is 2.61. The van der Waals surface area contributed by atoms with E-state index in [-0.39, 0.29) is 11.9 Å². The number of hydrogen-bond donors (Lipinski definition) is 1. The Kier molecular flexibility index (Phi) is 5.17. The minimum atomic E-state index is 0.151. The van der Waals surface area contributed by atoms with Crippen molar-refractivity contribution in [2.24, 2.45) is 23.2 Å². The van der Waals surface area contributed by atoms with Crippen LogP contribution in [0.25, 0.3) is 0 Å². The van der Waals surface area contributed by atoms with Gasteiger partial charge in [-0.15, -0.1) is 21.5 Å². The molecule has 0 unspecified atom stereocenters. The number of carbonyl (C=O) groups is 1. The number of aromatic nitrogens is 3. The molecule has 1 atom stereocenters. The number of carbonyl (C=O) groups excluding carboxylic acids is 1. The van der Waals surface area contributed by atoms with Crippen molar-refractivity contribution in [3.8, 4) is 0 Å². The van der Waals surface area contributed by atoms with Crippen molar-refractivity contribution in [3.63, 3.8) is 0 Å². The van der Waals surface area contributed by atoms with Crippen LogP contribution in [0.3, 0.4) is 0 Å². The molecule has 2 aromatic heterocycles. The van der Waals surface area contributed by atoms with Gasteiger partial charge in [-0.25, -0.2) is 0 Å². The maximum Gasteiger partial charge on any atom is 0.230 e. The van der Waals surface area contributed by atoms with E-state index in [9.17, 15) is 4.79 Å². The Balaban J connectivity index is 1.09. The summed E-state index contributed by atoms with van der Waals surface area (Å²) in [6, 6.07) is 5.04. The fourth-order valence-electron chi connectivity index (χ4n) is 7.07. The van der Waals surface area contributed by atoms with Gasteiger partial charge in [0.25, 0.3) is 0 Å². The number of rotatable bonds is 8. The van der Waals surface area contributed by atoms with Gasteiger partial charge in [-0.2, -0.15) is 0 Å². The van der Waals surface area contributed by atoms with Crippen LogP contribution in [0.4, 0.5) is 0 Å². The van der Waals surface area contributed by atoms with E-state index in [0.29, 0.717) is 17.2 Å². The largest absolute Gasteiger partial charge is 0.352 e. The summed E-state index contributed by atoms with van der Waals surface area (Å²) < 4.78 is 2.29. The van der Waals surface area contributed by atoms with Crippen LogP contribution in [0.15, 0.2) is 22.7 Å². The van der Waals surface area contributed by atoms with Gasteiger partial charge >= 0.3 is 0 Å². The number of thioether (sulfide) groups is 1. The van der Waals surface area contributed by atoms with Crippen molar-refractivity contribution in [2.45, 2.75) is 82.0 Å². The van der Waals surface area contributed by atoms with Gasteiger partial charge in [0, 0.05) is 23.4 Å². The second kappa shape index (κ2) is 7.91. The van der Waals surface area contributed by atoms with Gasteiger partial charge in [0.05, 0.1) is 5.75 Å². The molecule has 2 aromatic rings. The molecule has 0 radical (unpaired) electrons. The Bertz CT molecular complexity index is 914. The number of hydrogen-bond acceptors (Lipinski definition) is 5. The second-order valence-electron chi connectivity index (χ2n) is 10.6. The smallest absolute Gasteiger partial charge is 0.230 e. The Morgan fingerprint density at radius 2 is 1.94 bits per heavy atom. The lowest BCUT2D eigenvalue weighted by molar-refractivity contribution is -0.123. The summed E-state index contributed by atoms with van der Waals surface area (Å²) in [7, 11) is 0. The van der Waals surface area contributed by atoms with Gasteiger partial charge in [-0.05, 0) is 92.9 Å². The molecule has 0 saturated heterocycles. The summed E-state index contributed by atoms with van der Waals surface area (Å²) in [4.78, 5) is 14.2. The van der Waals surface area contributed by atoms with Crippen molar-refractivity contribution in [3.05, 3.63) is 28.2 Å². The molecule has 0 spiro atoms. The maximum atomic E-state index is 12.9. The van der Waals surface area contributed by atoms with E-state index < -0.39 is 0 Å². The van der Waals surface area contributed by atoms with Crippen molar-refractivity contribution in [1.29, 1.82) is 0 Å². The lowest BCUT2D eigenvalue weighted by atomic mass is 9.48. The zero-order valence-corrected chi connectivity index (χ0v) is 19.9. The standard InChI is InChI=1S/C24H32N4OS2/c1-15(24-11-16-7-17(12-24)9-18(8-16)13-24)25-22(29)14-31-23-27-26-21(28(23)19-4-5-19)10-20-3-2-6-30-20/h2-3,6,15-19H,4-5,7-14H2,1H3,(H,25,29)/t15-,16?,17?,18?,24?/m0/s1. The van der Waals surface area contributed by atoms with Crippen molar-refractivity contribution >= 4 is 29.0 Å². The van der Waals surface area contributed by atoms with Gasteiger partial charge in [0.2, 0.25) is 5.91 Å². The molecular weight excluding hydrogens is 424 g/mol. The van der Waals surface area contributed by atoms with Crippen molar-refractivity contribution in [1.82, 2.24) is 20.1 Å². The number of thiophene rings is 1. The third-order valence-corrected chi connectivity index (χ3v) is 10.1. The predicted molar refractivity (Wildman–Crippen MR) is 124 cm³/mol. The molecule has 5 saturated carbocycles. The third-order valence-electron chi connectivity index (χ3n) is 8.27. The molecule has 0 aromatic carbocycles. The van der Waals surface area contributed by atoms with Crippen molar-refractivity contribution in [2.75, 3.05) is 5.75 Å². The van der Waals surface area contributed by atoms with Crippen LogP contribution in [-0.2, 0) is 11.2 Å². The molecule has 5 fully saturated rings. The molecule has 1 amide bonds. The number of nitrogens with one attached hydrogen (secondary N) is 1. The van der Waals surface area contributed by atoms with E-state index >= 15 is 0 Å². The Labute approximate surface area is 192 Å². The van der Waals surface area contributed by atoms with E-state index in [2.05, 4.69) is 44.5 Å². The lowest BCUT2D eigenvalue weighted by Gasteiger charge is -2.59. The first-order chi connectivity index (χ1) is 15.1. The Morgan fingerprint density at radius 3 is 2.55 bits per heavy atom. The van der Waals surface area contributed by atoms with Gasteiger partial charge in [-0.3, -0.25) is 4.79 Å². The average molecular weight is 457 g/mol. The van der Waals surface area contributed by atoms with Crippen LogP contribution in [0, 0.1) is 23.2 Å². The molecule has 5 aliphatic rings. The molecule has 7 heteroatoms. The van der Waals surface area contributed by atoms with Crippen LogP contribution >= 0.6 is 23.1 Å². The monoisotopic (exact) mass is 456 g/mol. The van der Waals surface area contributed by atoms with Crippen LogP contribution in [0.1, 0.15) is 75.0 Å². The Hall–Kier alpha value is -1.34. The Morgan fingerprint density at radius 1 is 1.23 bits per heavy atom. The van der Waals surface area contributed by atoms with E-state index in [1.165, 1.54) is 56.2 Å². The summed E-state index contributed by atoms with van der Waals surface area (Å²) >= 11 is 3.32. The summed E-state index contributed by atoms with van der Waals surface area (Å²) in [6.07, 6.45) is 11.5. The normalized spacial score (nSPS) is 32.4. The second-order valence-corrected chi connectivity index (χ2v) is 12.6. The summed E-state index contributed by atoms with van der Waals surface area (Å²) in [5.41, 5.74) is 0.358. The molecule has 166 valence electrons. The van der Waals surface area contributed by atoms with E-state index in [4.69, 9.17) is 0 Å². The lowest BCUT2D eigenvalue weighted by Crippen LogP contribution is -2.56. The zero-order chi connectivity index (χ0) is 21.0. The van der Waals surface area contributed by atoms with Crippen molar-refractivity contribution < 1.29 is 4.79 Å². The maximum absolute atomic E-state index is 12.9. The molecule has 1 N–H and O–H groups in total. The molecule has 5 aliphatic carbocycles. The van der Waals surface area contributed by atoms with Crippen LogP contribution < -0.4 is 5.32 Å². The average Bonchev–Trinajstić information content (AvgIpc) is 3.28. The first-order valence-electron chi connectivity index (χ1n) is 12.0. The molecular formula is C24H32N4OS2. The highest BCUT2D eigenvalue weighted by atomic mass is 32.2. The van der Waals surface area contributed by atoms with Gasteiger partial charge in [0.1, 0.15) is 5.82 Å². The molecule has 7 rings (SSSR count). The van der Waals surface area contributed by atoms with E-state index in [0.717, 1.165) is 35.2 Å². The molecule has 4 bridgehead atoms. The van der Waals surface area contributed by atoms with Gasteiger partial charge in [-0.1, -0.05) is 17.8 Å². The highest BCUT2D eigenvalue weighted by molar-refractivity contribution is 7.99. The zero-order valence-electron chi connectivity index (χ0n) is 18.3. The molecule has 5 nitrogen and oxygen atoms in total. The van der Waals surface area contributed by atoms with Crippen LogP contribution in [0.5, 0.6) is 0 Å². The van der Waals surface area contributed by atoms with Crippen LogP contribution in [-0.4, -0.2) is 32.5 Å². The van der Waals surface area contributed by atoms with E-state index in [1.807, 2.05) is 0 Å². The number of amides is 1. The van der Waals surface area contributed by atoms with Gasteiger partial charge in [0.15, 0.2) is 5.16 Å². The molecule has 0 aliphatic heterocycles. The topological polar surface area (TPSA) is 59.8 Å². The number of nitrogens with zero attached hydrogens (tertiary/aromatic N) is 3. The first kappa shape index (κ1) is 20.3. The minimum Gasteiger partial charge on any atom is -0.352 e. The fraction of sp³-hybridized carbons (Fsp3) is 0.708. The minimum absolute atomic E-state index is 0.151. The fourth-order valence-corrected chi connectivity index (χ4v) is 8.61. The first-order valence-corrected chi connectivity index (χ1v) is 13.8. The molecule has 31 heavy (non-hydrogen) atoms. The molecule has 2 heterocycles. The third kappa shape index (κ3) is 3.97. The van der Waals surface area contributed by atoms with Gasteiger partial charge < -0.3 is 9.88 Å². The van der Waals surface area contributed by atoms with Crippen LogP contribution in [0.2, 0.25) is 0 Å².